The summed E-state index contributed by atoms with van der Waals surface area (Å²) in [6.45, 7) is 4.85. The fourth-order valence-corrected chi connectivity index (χ4v) is 4.17. The van der Waals surface area contributed by atoms with Gasteiger partial charge in [0.1, 0.15) is 5.82 Å². The van der Waals surface area contributed by atoms with Crippen molar-refractivity contribution in [3.05, 3.63) is 70.7 Å². The van der Waals surface area contributed by atoms with Crippen LogP contribution >= 0.6 is 0 Å². The first-order valence-corrected chi connectivity index (χ1v) is 10.6. The zero-order valence-electron chi connectivity index (χ0n) is 18.9. The third-order valence-electron chi connectivity index (χ3n) is 5.84. The molecule has 0 aliphatic heterocycles. The molecule has 0 saturated heterocycles. The van der Waals surface area contributed by atoms with Crippen molar-refractivity contribution in [1.29, 1.82) is 0 Å². The Kier molecular flexibility index (Phi) is 5.87. The van der Waals surface area contributed by atoms with Crippen molar-refractivity contribution < 1.29 is 4.39 Å². The van der Waals surface area contributed by atoms with Crippen molar-refractivity contribution in [2.45, 2.75) is 39.7 Å². The molecule has 3 heterocycles. The van der Waals surface area contributed by atoms with E-state index in [2.05, 4.69) is 40.2 Å². The molecule has 7 heteroatoms. The van der Waals surface area contributed by atoms with Crippen LogP contribution in [-0.4, -0.2) is 43.4 Å². The van der Waals surface area contributed by atoms with Crippen LogP contribution in [0.4, 0.5) is 4.39 Å². The minimum absolute atomic E-state index is 0.203. The third kappa shape index (κ3) is 4.37. The van der Waals surface area contributed by atoms with Gasteiger partial charge in [-0.2, -0.15) is 5.10 Å². The van der Waals surface area contributed by atoms with Gasteiger partial charge < -0.3 is 4.90 Å². The Balaban J connectivity index is 1.62. The van der Waals surface area contributed by atoms with Crippen LogP contribution in [0.25, 0.3) is 16.8 Å². The molecule has 4 rings (SSSR count). The molecule has 31 heavy (non-hydrogen) atoms. The van der Waals surface area contributed by atoms with E-state index >= 15 is 0 Å². The van der Waals surface area contributed by atoms with E-state index in [4.69, 9.17) is 0 Å². The van der Waals surface area contributed by atoms with E-state index in [1.165, 1.54) is 17.3 Å². The van der Waals surface area contributed by atoms with Gasteiger partial charge in [0.25, 0.3) is 0 Å². The number of hydrogen-bond donors (Lipinski definition) is 0. The Morgan fingerprint density at radius 2 is 1.84 bits per heavy atom. The van der Waals surface area contributed by atoms with Gasteiger partial charge in [0.2, 0.25) is 0 Å². The SMILES string of the molecule is Cc1nn(C)c(C)c1CCCc1cc(F)ccc1-c1ccc2nnc(CN(C)C)n2c1. The number of benzene rings is 1. The highest BCUT2D eigenvalue weighted by Gasteiger charge is 2.13. The van der Waals surface area contributed by atoms with E-state index in [1.807, 2.05) is 48.4 Å². The first kappa shape index (κ1) is 21.2. The average Bonchev–Trinajstić information content (AvgIpc) is 3.22. The summed E-state index contributed by atoms with van der Waals surface area (Å²) < 4.78 is 18.1. The number of aryl methyl sites for hydroxylation is 3. The van der Waals surface area contributed by atoms with Gasteiger partial charge in [-0.05, 0) is 93.7 Å². The maximum absolute atomic E-state index is 14.1. The maximum atomic E-state index is 14.1. The first-order chi connectivity index (χ1) is 14.8. The van der Waals surface area contributed by atoms with Crippen molar-refractivity contribution in [2.75, 3.05) is 14.1 Å². The van der Waals surface area contributed by atoms with Crippen molar-refractivity contribution in [2.24, 2.45) is 7.05 Å². The molecule has 0 aliphatic carbocycles. The van der Waals surface area contributed by atoms with E-state index in [9.17, 15) is 4.39 Å². The van der Waals surface area contributed by atoms with Gasteiger partial charge in [-0.1, -0.05) is 6.07 Å². The van der Waals surface area contributed by atoms with Crippen molar-refractivity contribution in [3.63, 3.8) is 0 Å². The molecule has 0 amide bonds. The number of rotatable bonds is 7. The van der Waals surface area contributed by atoms with Crippen LogP contribution < -0.4 is 0 Å². The lowest BCUT2D eigenvalue weighted by atomic mass is 9.95. The maximum Gasteiger partial charge on any atom is 0.160 e. The smallest absolute Gasteiger partial charge is 0.160 e. The quantitative estimate of drug-likeness (QED) is 0.451. The largest absolute Gasteiger partial charge is 0.302 e. The molecule has 0 bridgehead atoms. The zero-order valence-corrected chi connectivity index (χ0v) is 18.9. The van der Waals surface area contributed by atoms with Crippen molar-refractivity contribution in [1.82, 2.24) is 29.3 Å². The van der Waals surface area contributed by atoms with Crippen LogP contribution in [0.15, 0.2) is 36.5 Å². The van der Waals surface area contributed by atoms with Gasteiger partial charge in [0.05, 0.1) is 12.2 Å². The Hall–Kier alpha value is -3.06. The van der Waals surface area contributed by atoms with E-state index in [0.717, 1.165) is 53.1 Å². The van der Waals surface area contributed by atoms with E-state index < -0.39 is 0 Å². The van der Waals surface area contributed by atoms with E-state index in [0.29, 0.717) is 6.54 Å². The van der Waals surface area contributed by atoms with Crippen molar-refractivity contribution in [3.8, 4) is 11.1 Å². The number of fused-ring (bicyclic) bond motifs is 1. The standard InChI is InChI=1S/C24H29FN6/c1-16-21(17(2)30(5)28-16)8-6-7-18-13-20(25)10-11-22(18)19-9-12-23-26-27-24(15-29(3)4)31(23)14-19/h9-14H,6-8,15H2,1-5H3. The molecule has 4 aromatic rings. The second kappa shape index (κ2) is 8.59. The lowest BCUT2D eigenvalue weighted by molar-refractivity contribution is 0.388. The minimum atomic E-state index is -0.203. The van der Waals surface area contributed by atoms with Gasteiger partial charge in [-0.25, -0.2) is 4.39 Å². The molecule has 0 unspecified atom stereocenters. The molecule has 0 radical (unpaired) electrons. The van der Waals surface area contributed by atoms with Gasteiger partial charge in [0, 0.05) is 18.9 Å². The Morgan fingerprint density at radius 1 is 1.03 bits per heavy atom. The summed E-state index contributed by atoms with van der Waals surface area (Å²) in [5, 5.41) is 13.1. The lowest BCUT2D eigenvalue weighted by Crippen LogP contribution is -2.13. The second-order valence-electron chi connectivity index (χ2n) is 8.43. The lowest BCUT2D eigenvalue weighted by Gasteiger charge is -2.12. The summed E-state index contributed by atoms with van der Waals surface area (Å²) in [6, 6.07) is 9.08. The number of hydrogen-bond acceptors (Lipinski definition) is 4. The predicted molar refractivity (Wildman–Crippen MR) is 120 cm³/mol. The normalized spacial score (nSPS) is 11.7. The molecule has 1 aromatic carbocycles. The molecule has 3 aromatic heterocycles. The second-order valence-corrected chi connectivity index (χ2v) is 8.43. The summed E-state index contributed by atoms with van der Waals surface area (Å²) in [5.74, 6) is 0.680. The average molecular weight is 421 g/mol. The van der Waals surface area contributed by atoms with Crippen LogP contribution in [0.3, 0.4) is 0 Å². The number of nitrogens with zero attached hydrogens (tertiary/aromatic N) is 6. The molecule has 0 atom stereocenters. The summed E-state index contributed by atoms with van der Waals surface area (Å²) >= 11 is 0. The summed E-state index contributed by atoms with van der Waals surface area (Å²) in [6.07, 6.45) is 4.72. The van der Waals surface area contributed by atoms with Crippen molar-refractivity contribution >= 4 is 5.65 Å². The van der Waals surface area contributed by atoms with Crippen LogP contribution in [-0.2, 0) is 26.4 Å². The molecule has 6 nitrogen and oxygen atoms in total. The predicted octanol–water partition coefficient (Wildman–Crippen LogP) is 4.12. The van der Waals surface area contributed by atoms with Gasteiger partial charge in [-0.3, -0.25) is 9.08 Å². The molecule has 0 aliphatic rings. The van der Waals surface area contributed by atoms with Crippen LogP contribution in [0.2, 0.25) is 0 Å². The highest BCUT2D eigenvalue weighted by molar-refractivity contribution is 5.68. The topological polar surface area (TPSA) is 51.2 Å². The van der Waals surface area contributed by atoms with Gasteiger partial charge in [0.15, 0.2) is 11.5 Å². The highest BCUT2D eigenvalue weighted by Crippen LogP contribution is 2.27. The molecule has 0 spiro atoms. The van der Waals surface area contributed by atoms with Crippen LogP contribution in [0, 0.1) is 19.7 Å². The van der Waals surface area contributed by atoms with E-state index in [-0.39, 0.29) is 5.82 Å². The fourth-order valence-electron chi connectivity index (χ4n) is 4.17. The Morgan fingerprint density at radius 3 is 2.55 bits per heavy atom. The van der Waals surface area contributed by atoms with Crippen LogP contribution in [0.5, 0.6) is 0 Å². The molecule has 0 saturated carbocycles. The minimum Gasteiger partial charge on any atom is -0.302 e. The number of aromatic nitrogens is 5. The molecule has 0 fully saturated rings. The molecular weight excluding hydrogens is 391 g/mol. The highest BCUT2D eigenvalue weighted by atomic mass is 19.1. The van der Waals surface area contributed by atoms with Gasteiger partial charge in [-0.15, -0.1) is 10.2 Å². The molecular formula is C24H29FN6. The first-order valence-electron chi connectivity index (χ1n) is 10.6. The molecule has 162 valence electrons. The monoisotopic (exact) mass is 420 g/mol. The Bertz CT molecular complexity index is 1220. The molecule has 0 N–H and O–H groups in total. The third-order valence-corrected chi connectivity index (χ3v) is 5.84. The summed E-state index contributed by atoms with van der Waals surface area (Å²) in [7, 11) is 5.99. The summed E-state index contributed by atoms with van der Waals surface area (Å²) in [5.41, 5.74) is 7.48. The fraction of sp³-hybridized carbons (Fsp3) is 0.375. The number of halogens is 1. The van der Waals surface area contributed by atoms with Crippen LogP contribution in [0.1, 0.15) is 34.8 Å². The van der Waals surface area contributed by atoms with Gasteiger partial charge >= 0.3 is 0 Å². The number of pyridine rings is 1. The Labute approximate surface area is 182 Å². The van der Waals surface area contributed by atoms with E-state index in [1.54, 1.807) is 6.07 Å². The zero-order chi connectivity index (χ0) is 22.1. The summed E-state index contributed by atoms with van der Waals surface area (Å²) in [4.78, 5) is 2.06.